The number of fused-ring (bicyclic) bond motifs is 1. The molecule has 0 atom stereocenters. The third-order valence-corrected chi connectivity index (χ3v) is 5.97. The van der Waals surface area contributed by atoms with E-state index in [0.717, 1.165) is 26.3 Å². The number of para-hydroxylation sites is 1. The first kappa shape index (κ1) is 19.1. The van der Waals surface area contributed by atoms with Gasteiger partial charge in [-0.3, -0.25) is 9.10 Å². The number of thiazole rings is 1. The molecule has 1 aromatic heterocycles. The molecular formula is C18H19N3O4S2. The monoisotopic (exact) mass is 405 g/mol. The summed E-state index contributed by atoms with van der Waals surface area (Å²) in [6.07, 6.45) is 1.08. The summed E-state index contributed by atoms with van der Waals surface area (Å²) in [7, 11) is -2.04. The number of benzene rings is 2. The Morgan fingerprint density at radius 2 is 2.00 bits per heavy atom. The number of amides is 1. The maximum Gasteiger partial charge on any atom is 0.246 e. The van der Waals surface area contributed by atoms with Crippen LogP contribution in [0.5, 0.6) is 5.75 Å². The fourth-order valence-corrected chi connectivity index (χ4v) is 4.42. The van der Waals surface area contributed by atoms with Gasteiger partial charge in [-0.05, 0) is 36.8 Å². The molecule has 0 bridgehead atoms. The van der Waals surface area contributed by atoms with Crippen LogP contribution in [0.4, 0.5) is 10.8 Å². The Labute approximate surface area is 161 Å². The van der Waals surface area contributed by atoms with Gasteiger partial charge in [0.1, 0.15) is 12.3 Å². The fraction of sp³-hybridized carbons (Fsp3) is 0.222. The standard InChI is InChI=1S/C18H19N3O4S2/c1-12-6-4-5-7-15(12)21(27(3,23)24)11-17(22)20-18-19-14-9-8-13(25-2)10-16(14)26-18/h4-10H,11H2,1-3H3,(H,19,20,22). The number of sulfonamides is 1. The zero-order valence-corrected chi connectivity index (χ0v) is 16.7. The molecule has 9 heteroatoms. The average molecular weight is 406 g/mol. The maximum atomic E-state index is 12.5. The molecule has 3 rings (SSSR count). The highest BCUT2D eigenvalue weighted by molar-refractivity contribution is 7.92. The van der Waals surface area contributed by atoms with Gasteiger partial charge in [-0.2, -0.15) is 0 Å². The van der Waals surface area contributed by atoms with Gasteiger partial charge < -0.3 is 10.1 Å². The van der Waals surface area contributed by atoms with Crippen molar-refractivity contribution in [3.8, 4) is 5.75 Å². The molecule has 0 fully saturated rings. The van der Waals surface area contributed by atoms with Crippen LogP contribution in [0.15, 0.2) is 42.5 Å². The summed E-state index contributed by atoms with van der Waals surface area (Å²) in [5.41, 5.74) is 1.97. The molecule has 3 aromatic rings. The molecule has 1 N–H and O–H groups in total. The second-order valence-electron chi connectivity index (χ2n) is 5.96. The largest absolute Gasteiger partial charge is 0.497 e. The molecule has 0 unspecified atom stereocenters. The SMILES string of the molecule is COc1ccc2nc(NC(=O)CN(c3ccccc3C)S(C)(=O)=O)sc2c1. The van der Waals surface area contributed by atoms with E-state index >= 15 is 0 Å². The Balaban J connectivity index is 1.81. The van der Waals surface area contributed by atoms with E-state index in [0.29, 0.717) is 16.6 Å². The van der Waals surface area contributed by atoms with Gasteiger partial charge in [0, 0.05) is 0 Å². The summed E-state index contributed by atoms with van der Waals surface area (Å²) in [6.45, 7) is 1.47. The van der Waals surface area contributed by atoms with E-state index in [4.69, 9.17) is 4.74 Å². The first-order chi connectivity index (χ1) is 12.8. The van der Waals surface area contributed by atoms with Gasteiger partial charge >= 0.3 is 0 Å². The van der Waals surface area contributed by atoms with E-state index in [9.17, 15) is 13.2 Å². The average Bonchev–Trinajstić information content (AvgIpc) is 3.00. The van der Waals surface area contributed by atoms with Crippen LogP contribution in [-0.2, 0) is 14.8 Å². The third-order valence-electron chi connectivity index (χ3n) is 3.91. The third kappa shape index (κ3) is 4.37. The quantitative estimate of drug-likeness (QED) is 0.681. The molecule has 142 valence electrons. The van der Waals surface area contributed by atoms with Crippen molar-refractivity contribution in [1.82, 2.24) is 4.98 Å². The number of nitrogens with zero attached hydrogens (tertiary/aromatic N) is 2. The molecule has 0 radical (unpaired) electrons. The predicted molar refractivity (Wildman–Crippen MR) is 108 cm³/mol. The molecule has 1 amide bonds. The number of aryl methyl sites for hydroxylation is 1. The van der Waals surface area contributed by atoms with Gasteiger partial charge in [-0.15, -0.1) is 0 Å². The van der Waals surface area contributed by atoms with Crippen molar-refractivity contribution in [2.75, 3.05) is 29.5 Å². The molecule has 0 aliphatic carbocycles. The van der Waals surface area contributed by atoms with Crippen molar-refractivity contribution in [2.45, 2.75) is 6.92 Å². The van der Waals surface area contributed by atoms with Gasteiger partial charge in [-0.1, -0.05) is 29.5 Å². The van der Waals surface area contributed by atoms with Crippen LogP contribution in [-0.4, -0.2) is 39.2 Å². The topological polar surface area (TPSA) is 88.6 Å². The molecule has 27 heavy (non-hydrogen) atoms. The Kier molecular flexibility index (Phi) is 5.33. The molecule has 0 aliphatic rings. The lowest BCUT2D eigenvalue weighted by Crippen LogP contribution is -2.37. The van der Waals surface area contributed by atoms with Gasteiger partial charge in [0.25, 0.3) is 0 Å². The van der Waals surface area contributed by atoms with Crippen LogP contribution in [0, 0.1) is 6.92 Å². The van der Waals surface area contributed by atoms with Crippen molar-refractivity contribution in [3.05, 3.63) is 48.0 Å². The number of hydrogen-bond donors (Lipinski definition) is 1. The van der Waals surface area contributed by atoms with Gasteiger partial charge in [0.05, 0.1) is 29.3 Å². The molecule has 0 spiro atoms. The van der Waals surface area contributed by atoms with Crippen LogP contribution in [0.1, 0.15) is 5.56 Å². The van der Waals surface area contributed by atoms with E-state index in [1.807, 2.05) is 12.1 Å². The number of methoxy groups -OCH3 is 1. The van der Waals surface area contributed by atoms with Gasteiger partial charge in [0.2, 0.25) is 15.9 Å². The number of anilines is 2. The van der Waals surface area contributed by atoms with Gasteiger partial charge in [0.15, 0.2) is 5.13 Å². The highest BCUT2D eigenvalue weighted by Crippen LogP contribution is 2.29. The number of rotatable bonds is 6. The summed E-state index contributed by atoms with van der Waals surface area (Å²) < 4.78 is 31.5. The zero-order valence-electron chi connectivity index (χ0n) is 15.1. The van der Waals surface area contributed by atoms with Gasteiger partial charge in [-0.25, -0.2) is 13.4 Å². The first-order valence-corrected chi connectivity index (χ1v) is 10.7. The predicted octanol–water partition coefficient (Wildman–Crippen LogP) is 3.02. The maximum absolute atomic E-state index is 12.5. The minimum absolute atomic E-state index is 0.330. The summed E-state index contributed by atoms with van der Waals surface area (Å²) in [5.74, 6) is 0.238. The summed E-state index contributed by atoms with van der Waals surface area (Å²) in [6, 6.07) is 12.4. The second-order valence-corrected chi connectivity index (χ2v) is 8.89. The molecule has 0 saturated carbocycles. The van der Waals surface area contributed by atoms with Crippen LogP contribution in [0.25, 0.3) is 10.2 Å². The van der Waals surface area contributed by atoms with Crippen molar-refractivity contribution < 1.29 is 17.9 Å². The minimum atomic E-state index is -3.62. The molecule has 7 nitrogen and oxygen atoms in total. The van der Waals surface area contributed by atoms with Crippen molar-refractivity contribution >= 4 is 48.3 Å². The molecular weight excluding hydrogens is 386 g/mol. The Morgan fingerprint density at radius 1 is 1.26 bits per heavy atom. The molecule has 0 aliphatic heterocycles. The fourth-order valence-electron chi connectivity index (χ4n) is 2.60. The van der Waals surface area contributed by atoms with Crippen LogP contribution >= 0.6 is 11.3 Å². The number of carbonyl (C=O) groups is 1. The minimum Gasteiger partial charge on any atom is -0.497 e. The number of hydrogen-bond acceptors (Lipinski definition) is 6. The molecule has 0 saturated heterocycles. The lowest BCUT2D eigenvalue weighted by molar-refractivity contribution is -0.114. The van der Waals surface area contributed by atoms with E-state index < -0.39 is 15.9 Å². The molecule has 2 aromatic carbocycles. The Hall–Kier alpha value is -2.65. The highest BCUT2D eigenvalue weighted by atomic mass is 32.2. The first-order valence-electron chi connectivity index (χ1n) is 8.05. The summed E-state index contributed by atoms with van der Waals surface area (Å²) in [4.78, 5) is 16.8. The normalized spacial score (nSPS) is 11.4. The Morgan fingerprint density at radius 3 is 2.67 bits per heavy atom. The zero-order chi connectivity index (χ0) is 19.6. The molecule has 1 heterocycles. The van der Waals surface area contributed by atoms with E-state index in [1.54, 1.807) is 44.4 Å². The van der Waals surface area contributed by atoms with Crippen LogP contribution in [0.2, 0.25) is 0 Å². The smallest absolute Gasteiger partial charge is 0.246 e. The van der Waals surface area contributed by atoms with Crippen LogP contribution in [0.3, 0.4) is 0 Å². The lowest BCUT2D eigenvalue weighted by atomic mass is 10.2. The van der Waals surface area contributed by atoms with Crippen molar-refractivity contribution in [3.63, 3.8) is 0 Å². The number of carbonyl (C=O) groups excluding carboxylic acids is 1. The summed E-state index contributed by atoms with van der Waals surface area (Å²) in [5, 5.41) is 3.09. The van der Waals surface area contributed by atoms with Crippen molar-refractivity contribution in [2.24, 2.45) is 0 Å². The second kappa shape index (κ2) is 7.53. The van der Waals surface area contributed by atoms with Crippen LogP contribution < -0.4 is 14.4 Å². The Bertz CT molecular complexity index is 1090. The number of nitrogens with one attached hydrogen (secondary N) is 1. The van der Waals surface area contributed by atoms with E-state index in [2.05, 4.69) is 10.3 Å². The van der Waals surface area contributed by atoms with E-state index in [1.165, 1.54) is 11.3 Å². The highest BCUT2D eigenvalue weighted by Gasteiger charge is 2.22. The van der Waals surface area contributed by atoms with Crippen molar-refractivity contribution in [1.29, 1.82) is 0 Å². The summed E-state index contributed by atoms with van der Waals surface area (Å²) >= 11 is 1.30. The number of ether oxygens (including phenoxy) is 1. The number of aromatic nitrogens is 1. The lowest BCUT2D eigenvalue weighted by Gasteiger charge is -2.23. The van der Waals surface area contributed by atoms with E-state index in [-0.39, 0.29) is 6.54 Å².